The fourth-order valence-electron chi connectivity index (χ4n) is 3.12. The zero-order valence-corrected chi connectivity index (χ0v) is 15.7. The summed E-state index contributed by atoms with van der Waals surface area (Å²) in [5, 5.41) is 0. The van der Waals surface area contributed by atoms with Gasteiger partial charge in [0.15, 0.2) is 5.78 Å². The lowest BCUT2D eigenvalue weighted by atomic mass is 10.1. The first kappa shape index (κ1) is 18.5. The molecular weight excluding hydrogens is 351 g/mol. The van der Waals surface area contributed by atoms with E-state index in [1.807, 2.05) is 40.3 Å². The SMILES string of the molecule is CSc1ccccc1C(=O)N1CCN(c2ccc(C(C)=O)cc2F)CC1. The molecule has 6 heteroatoms. The zero-order chi connectivity index (χ0) is 18.7. The van der Waals surface area contributed by atoms with E-state index in [4.69, 9.17) is 0 Å². The van der Waals surface area contributed by atoms with Gasteiger partial charge < -0.3 is 9.80 Å². The summed E-state index contributed by atoms with van der Waals surface area (Å²) < 4.78 is 14.3. The van der Waals surface area contributed by atoms with Gasteiger partial charge >= 0.3 is 0 Å². The molecule has 0 spiro atoms. The molecular formula is C20H21FN2O2S. The minimum atomic E-state index is -0.398. The van der Waals surface area contributed by atoms with Crippen molar-refractivity contribution in [2.24, 2.45) is 0 Å². The van der Waals surface area contributed by atoms with Crippen LogP contribution in [0.5, 0.6) is 0 Å². The minimum Gasteiger partial charge on any atom is -0.366 e. The van der Waals surface area contributed by atoms with E-state index in [1.54, 1.807) is 23.9 Å². The van der Waals surface area contributed by atoms with Crippen molar-refractivity contribution < 1.29 is 14.0 Å². The Morgan fingerprint density at radius 1 is 1.04 bits per heavy atom. The van der Waals surface area contributed by atoms with Crippen LogP contribution in [0.3, 0.4) is 0 Å². The maximum absolute atomic E-state index is 14.3. The number of rotatable bonds is 4. The molecule has 1 fully saturated rings. The summed E-state index contributed by atoms with van der Waals surface area (Å²) in [5.74, 6) is -0.537. The number of halogens is 1. The highest BCUT2D eigenvalue weighted by Crippen LogP contribution is 2.25. The lowest BCUT2D eigenvalue weighted by Gasteiger charge is -2.36. The van der Waals surface area contributed by atoms with Gasteiger partial charge in [-0.25, -0.2) is 4.39 Å². The molecule has 1 saturated heterocycles. The molecule has 2 aromatic carbocycles. The molecule has 0 aromatic heterocycles. The summed E-state index contributed by atoms with van der Waals surface area (Å²) in [7, 11) is 0. The predicted molar refractivity (Wildman–Crippen MR) is 103 cm³/mol. The maximum Gasteiger partial charge on any atom is 0.255 e. The number of anilines is 1. The van der Waals surface area contributed by atoms with Crippen molar-refractivity contribution in [2.75, 3.05) is 37.3 Å². The molecule has 1 aliphatic rings. The second kappa shape index (κ2) is 7.91. The minimum absolute atomic E-state index is 0.0157. The highest BCUT2D eigenvalue weighted by Gasteiger charge is 2.25. The van der Waals surface area contributed by atoms with E-state index in [9.17, 15) is 14.0 Å². The normalized spacial score (nSPS) is 14.4. The van der Waals surface area contributed by atoms with E-state index in [-0.39, 0.29) is 11.7 Å². The Bertz CT molecular complexity index is 832. The molecule has 0 unspecified atom stereocenters. The van der Waals surface area contributed by atoms with Crippen LogP contribution in [-0.2, 0) is 0 Å². The summed E-state index contributed by atoms with van der Waals surface area (Å²) >= 11 is 1.56. The van der Waals surface area contributed by atoms with Crippen LogP contribution in [0.2, 0.25) is 0 Å². The second-order valence-electron chi connectivity index (χ2n) is 6.20. The molecule has 0 bridgehead atoms. The van der Waals surface area contributed by atoms with Crippen LogP contribution in [0, 0.1) is 5.82 Å². The summed E-state index contributed by atoms with van der Waals surface area (Å²) in [6.07, 6.45) is 1.96. The number of Topliss-reactive ketones (excluding diaryl/α,β-unsaturated/α-hetero) is 1. The van der Waals surface area contributed by atoms with Crippen molar-refractivity contribution in [3.63, 3.8) is 0 Å². The Balaban J connectivity index is 1.69. The quantitative estimate of drug-likeness (QED) is 0.606. The molecule has 0 atom stereocenters. The highest BCUT2D eigenvalue weighted by atomic mass is 32.2. The van der Waals surface area contributed by atoms with Gasteiger partial charge in [0.2, 0.25) is 0 Å². The topological polar surface area (TPSA) is 40.6 Å². The lowest BCUT2D eigenvalue weighted by Crippen LogP contribution is -2.49. The third-order valence-electron chi connectivity index (χ3n) is 4.60. The molecule has 26 heavy (non-hydrogen) atoms. The molecule has 2 aromatic rings. The van der Waals surface area contributed by atoms with Gasteiger partial charge in [-0.2, -0.15) is 0 Å². The number of carbonyl (C=O) groups is 2. The number of hydrogen-bond donors (Lipinski definition) is 0. The second-order valence-corrected chi connectivity index (χ2v) is 7.05. The number of benzene rings is 2. The van der Waals surface area contributed by atoms with Crippen LogP contribution in [0.15, 0.2) is 47.4 Å². The van der Waals surface area contributed by atoms with Crippen molar-refractivity contribution >= 4 is 29.1 Å². The monoisotopic (exact) mass is 372 g/mol. The van der Waals surface area contributed by atoms with Crippen LogP contribution in [0.1, 0.15) is 27.6 Å². The molecule has 4 nitrogen and oxygen atoms in total. The highest BCUT2D eigenvalue weighted by molar-refractivity contribution is 7.98. The Kier molecular flexibility index (Phi) is 5.61. The van der Waals surface area contributed by atoms with Gasteiger partial charge in [-0.1, -0.05) is 12.1 Å². The van der Waals surface area contributed by atoms with Gasteiger partial charge in [0, 0.05) is 36.6 Å². The van der Waals surface area contributed by atoms with Gasteiger partial charge in [0.25, 0.3) is 5.91 Å². The first-order chi connectivity index (χ1) is 12.5. The van der Waals surface area contributed by atoms with Gasteiger partial charge in [-0.3, -0.25) is 9.59 Å². The molecule has 0 saturated carbocycles. The number of carbonyl (C=O) groups excluding carboxylic acids is 2. The molecule has 0 N–H and O–H groups in total. The Labute approximate surface area is 157 Å². The van der Waals surface area contributed by atoms with Crippen molar-refractivity contribution in [3.05, 3.63) is 59.4 Å². The Morgan fingerprint density at radius 3 is 2.35 bits per heavy atom. The third-order valence-corrected chi connectivity index (χ3v) is 5.39. The van der Waals surface area contributed by atoms with Gasteiger partial charge in [0.05, 0.1) is 11.3 Å². The smallest absolute Gasteiger partial charge is 0.255 e. The molecule has 0 radical (unpaired) electrons. The van der Waals surface area contributed by atoms with Gasteiger partial charge in [-0.15, -0.1) is 11.8 Å². The van der Waals surface area contributed by atoms with Crippen molar-refractivity contribution in [2.45, 2.75) is 11.8 Å². The average molecular weight is 372 g/mol. The largest absolute Gasteiger partial charge is 0.366 e. The number of ketones is 1. The number of amides is 1. The Morgan fingerprint density at radius 2 is 1.73 bits per heavy atom. The van der Waals surface area contributed by atoms with Crippen LogP contribution >= 0.6 is 11.8 Å². The average Bonchev–Trinajstić information content (AvgIpc) is 2.67. The van der Waals surface area contributed by atoms with E-state index < -0.39 is 5.82 Å². The lowest BCUT2D eigenvalue weighted by molar-refractivity contribution is 0.0743. The first-order valence-electron chi connectivity index (χ1n) is 8.49. The van der Waals surface area contributed by atoms with E-state index in [1.165, 1.54) is 13.0 Å². The van der Waals surface area contributed by atoms with Crippen LogP contribution in [-0.4, -0.2) is 49.0 Å². The molecule has 0 aliphatic carbocycles. The van der Waals surface area contributed by atoms with Crippen LogP contribution in [0.4, 0.5) is 10.1 Å². The molecule has 136 valence electrons. The molecule has 1 amide bonds. The van der Waals surface area contributed by atoms with E-state index in [0.29, 0.717) is 43.0 Å². The van der Waals surface area contributed by atoms with E-state index >= 15 is 0 Å². The van der Waals surface area contributed by atoms with Crippen LogP contribution in [0.25, 0.3) is 0 Å². The standard InChI is InChI=1S/C20H21FN2O2S/c1-14(24)15-7-8-18(17(21)13-15)22-9-11-23(12-10-22)20(25)16-5-3-4-6-19(16)26-2/h3-8,13H,9-12H2,1-2H3. The Hall–Kier alpha value is -2.34. The fraction of sp³-hybridized carbons (Fsp3) is 0.300. The summed E-state index contributed by atoms with van der Waals surface area (Å²) in [6.45, 7) is 3.61. The first-order valence-corrected chi connectivity index (χ1v) is 9.71. The number of piperazine rings is 1. The summed E-state index contributed by atoms with van der Waals surface area (Å²) in [5.41, 5.74) is 1.56. The van der Waals surface area contributed by atoms with Crippen molar-refractivity contribution in [1.29, 1.82) is 0 Å². The van der Waals surface area contributed by atoms with Crippen molar-refractivity contribution in [3.8, 4) is 0 Å². The van der Waals surface area contributed by atoms with E-state index in [0.717, 1.165) is 4.90 Å². The van der Waals surface area contributed by atoms with E-state index in [2.05, 4.69) is 0 Å². The summed E-state index contributed by atoms with van der Waals surface area (Å²) in [4.78, 5) is 28.9. The number of nitrogens with zero attached hydrogens (tertiary/aromatic N) is 2. The number of thioether (sulfide) groups is 1. The maximum atomic E-state index is 14.3. The van der Waals surface area contributed by atoms with Gasteiger partial charge in [0.1, 0.15) is 5.82 Å². The zero-order valence-electron chi connectivity index (χ0n) is 14.9. The van der Waals surface area contributed by atoms with Crippen molar-refractivity contribution in [1.82, 2.24) is 4.90 Å². The third kappa shape index (κ3) is 3.75. The fourth-order valence-corrected chi connectivity index (χ4v) is 3.71. The van der Waals surface area contributed by atoms with Gasteiger partial charge in [-0.05, 0) is 43.5 Å². The molecule has 3 rings (SSSR count). The number of hydrogen-bond acceptors (Lipinski definition) is 4. The molecule has 1 heterocycles. The summed E-state index contributed by atoms with van der Waals surface area (Å²) in [6, 6.07) is 12.2. The molecule has 1 aliphatic heterocycles. The predicted octanol–water partition coefficient (Wildman–Crippen LogP) is 3.71. The van der Waals surface area contributed by atoms with Crippen LogP contribution < -0.4 is 4.90 Å².